The molecule has 0 amide bonds. The van der Waals surface area contributed by atoms with Crippen molar-refractivity contribution in [1.82, 2.24) is 5.32 Å². The smallest absolute Gasteiger partial charge is 0.0587 e. The molecule has 2 nitrogen and oxygen atoms in total. The first-order chi connectivity index (χ1) is 8.78. The standard InChI is InChI=1S/C15H25NOS/c1-3-13-5-6-14(18-13)11-15(7-4-8-15)12-16-9-10-17-2/h5-6,16H,3-4,7-12H2,1-2H3. The fourth-order valence-corrected chi connectivity index (χ4v) is 3.83. The second kappa shape index (κ2) is 6.69. The van der Waals surface area contributed by atoms with E-state index in [4.69, 9.17) is 4.74 Å². The van der Waals surface area contributed by atoms with Crippen LogP contribution in [0.3, 0.4) is 0 Å². The minimum absolute atomic E-state index is 0.531. The molecule has 0 unspecified atom stereocenters. The molecule has 18 heavy (non-hydrogen) atoms. The third-order valence-corrected chi connectivity index (χ3v) is 5.24. The molecule has 0 atom stereocenters. The van der Waals surface area contributed by atoms with Crippen LogP contribution in [0.1, 0.15) is 35.9 Å². The van der Waals surface area contributed by atoms with E-state index in [1.165, 1.54) is 37.0 Å². The van der Waals surface area contributed by atoms with E-state index in [0.29, 0.717) is 5.41 Å². The molecule has 1 saturated carbocycles. The molecule has 1 fully saturated rings. The Balaban J connectivity index is 1.83. The van der Waals surface area contributed by atoms with Crippen LogP contribution < -0.4 is 5.32 Å². The molecule has 0 aliphatic heterocycles. The van der Waals surface area contributed by atoms with E-state index in [2.05, 4.69) is 24.4 Å². The number of methoxy groups -OCH3 is 1. The summed E-state index contributed by atoms with van der Waals surface area (Å²) in [4.78, 5) is 3.09. The normalized spacial score (nSPS) is 17.7. The zero-order chi connectivity index (χ0) is 12.8. The van der Waals surface area contributed by atoms with Crippen LogP contribution >= 0.6 is 11.3 Å². The maximum absolute atomic E-state index is 5.08. The van der Waals surface area contributed by atoms with Gasteiger partial charge in [-0.25, -0.2) is 0 Å². The van der Waals surface area contributed by atoms with Gasteiger partial charge in [0.05, 0.1) is 6.61 Å². The fraction of sp³-hybridized carbons (Fsp3) is 0.733. The minimum Gasteiger partial charge on any atom is -0.383 e. The minimum atomic E-state index is 0.531. The molecule has 1 aromatic heterocycles. The Kier molecular flexibility index (Phi) is 5.22. The van der Waals surface area contributed by atoms with Crippen LogP contribution in [-0.4, -0.2) is 26.8 Å². The topological polar surface area (TPSA) is 21.3 Å². The highest BCUT2D eigenvalue weighted by Gasteiger charge is 2.36. The summed E-state index contributed by atoms with van der Waals surface area (Å²) in [6.07, 6.45) is 6.60. The summed E-state index contributed by atoms with van der Waals surface area (Å²) in [6, 6.07) is 4.63. The molecule has 0 spiro atoms. The molecular weight excluding hydrogens is 242 g/mol. The summed E-state index contributed by atoms with van der Waals surface area (Å²) in [5.74, 6) is 0. The Hall–Kier alpha value is -0.380. The summed E-state index contributed by atoms with van der Waals surface area (Å²) in [7, 11) is 1.76. The molecule has 0 radical (unpaired) electrons. The first kappa shape index (κ1) is 14.0. The van der Waals surface area contributed by atoms with E-state index in [9.17, 15) is 0 Å². The van der Waals surface area contributed by atoms with Crippen molar-refractivity contribution in [2.45, 2.75) is 39.0 Å². The average Bonchev–Trinajstić information content (AvgIpc) is 2.78. The van der Waals surface area contributed by atoms with Gasteiger partial charge in [0.2, 0.25) is 0 Å². The van der Waals surface area contributed by atoms with Crippen molar-refractivity contribution < 1.29 is 4.74 Å². The van der Waals surface area contributed by atoms with Crippen molar-refractivity contribution in [2.24, 2.45) is 5.41 Å². The molecule has 1 aliphatic rings. The molecule has 1 heterocycles. The maximum atomic E-state index is 5.08. The van der Waals surface area contributed by atoms with Gasteiger partial charge in [-0.1, -0.05) is 13.3 Å². The van der Waals surface area contributed by atoms with E-state index >= 15 is 0 Å². The lowest BCUT2D eigenvalue weighted by molar-refractivity contribution is 0.124. The lowest BCUT2D eigenvalue weighted by Gasteiger charge is -2.42. The van der Waals surface area contributed by atoms with Crippen molar-refractivity contribution >= 4 is 11.3 Å². The predicted octanol–water partition coefficient (Wildman–Crippen LogP) is 3.26. The number of hydrogen-bond acceptors (Lipinski definition) is 3. The third-order valence-electron chi connectivity index (χ3n) is 4.01. The Bertz CT molecular complexity index is 357. The Morgan fingerprint density at radius 1 is 1.33 bits per heavy atom. The van der Waals surface area contributed by atoms with E-state index in [0.717, 1.165) is 19.7 Å². The molecular formula is C15H25NOS. The zero-order valence-electron chi connectivity index (χ0n) is 11.6. The first-order valence-electron chi connectivity index (χ1n) is 7.05. The number of ether oxygens (including phenoxy) is 1. The lowest BCUT2D eigenvalue weighted by Crippen LogP contribution is -2.42. The molecule has 1 aliphatic carbocycles. The summed E-state index contributed by atoms with van der Waals surface area (Å²) in [5, 5.41) is 3.55. The van der Waals surface area contributed by atoms with E-state index < -0.39 is 0 Å². The Morgan fingerprint density at radius 2 is 2.11 bits per heavy atom. The summed E-state index contributed by atoms with van der Waals surface area (Å²) < 4.78 is 5.08. The van der Waals surface area contributed by atoms with Crippen molar-refractivity contribution in [1.29, 1.82) is 0 Å². The molecule has 3 heteroatoms. The van der Waals surface area contributed by atoms with Crippen molar-refractivity contribution in [3.05, 3.63) is 21.9 Å². The molecule has 0 aromatic carbocycles. The van der Waals surface area contributed by atoms with Crippen molar-refractivity contribution in [3.8, 4) is 0 Å². The van der Waals surface area contributed by atoms with Crippen LogP contribution in [0.5, 0.6) is 0 Å². The van der Waals surface area contributed by atoms with Gasteiger partial charge in [0, 0.05) is 30.0 Å². The first-order valence-corrected chi connectivity index (χ1v) is 7.87. The highest BCUT2D eigenvalue weighted by atomic mass is 32.1. The zero-order valence-corrected chi connectivity index (χ0v) is 12.4. The van der Waals surface area contributed by atoms with Gasteiger partial charge in [-0.3, -0.25) is 0 Å². The van der Waals surface area contributed by atoms with Crippen LogP contribution in [0.25, 0.3) is 0 Å². The van der Waals surface area contributed by atoms with Gasteiger partial charge in [0.25, 0.3) is 0 Å². The van der Waals surface area contributed by atoms with Gasteiger partial charge in [0.1, 0.15) is 0 Å². The molecule has 1 N–H and O–H groups in total. The van der Waals surface area contributed by atoms with E-state index in [1.54, 1.807) is 12.0 Å². The van der Waals surface area contributed by atoms with Crippen molar-refractivity contribution in [3.63, 3.8) is 0 Å². The van der Waals surface area contributed by atoms with Gasteiger partial charge in [-0.05, 0) is 43.2 Å². The second-order valence-electron chi connectivity index (χ2n) is 5.42. The van der Waals surface area contributed by atoms with E-state index in [1.807, 2.05) is 11.3 Å². The van der Waals surface area contributed by atoms with Crippen LogP contribution in [0.15, 0.2) is 12.1 Å². The fourth-order valence-electron chi connectivity index (χ4n) is 2.70. The second-order valence-corrected chi connectivity index (χ2v) is 6.67. The number of nitrogens with one attached hydrogen (secondary N) is 1. The van der Waals surface area contributed by atoms with Gasteiger partial charge in [-0.2, -0.15) is 0 Å². The summed E-state index contributed by atoms with van der Waals surface area (Å²) in [6.45, 7) is 5.18. The van der Waals surface area contributed by atoms with Crippen molar-refractivity contribution in [2.75, 3.05) is 26.8 Å². The van der Waals surface area contributed by atoms with Gasteiger partial charge in [-0.15, -0.1) is 11.3 Å². The molecule has 1 aromatic rings. The Labute approximate surface area is 115 Å². The monoisotopic (exact) mass is 267 g/mol. The predicted molar refractivity (Wildman–Crippen MR) is 78.4 cm³/mol. The quantitative estimate of drug-likeness (QED) is 0.730. The van der Waals surface area contributed by atoms with Crippen LogP contribution in [-0.2, 0) is 17.6 Å². The molecule has 0 saturated heterocycles. The number of hydrogen-bond donors (Lipinski definition) is 1. The van der Waals surface area contributed by atoms with Crippen LogP contribution in [0.2, 0.25) is 0 Å². The SMILES string of the molecule is CCc1ccc(CC2(CNCCOC)CCC2)s1. The van der Waals surface area contributed by atoms with Gasteiger partial charge >= 0.3 is 0 Å². The third kappa shape index (κ3) is 3.56. The number of rotatable bonds is 8. The molecule has 102 valence electrons. The lowest BCUT2D eigenvalue weighted by atomic mass is 9.66. The number of thiophene rings is 1. The summed E-state index contributed by atoms with van der Waals surface area (Å²) >= 11 is 2.00. The Morgan fingerprint density at radius 3 is 2.67 bits per heavy atom. The van der Waals surface area contributed by atoms with Crippen LogP contribution in [0, 0.1) is 5.41 Å². The average molecular weight is 267 g/mol. The highest BCUT2D eigenvalue weighted by Crippen LogP contribution is 2.44. The molecule has 2 rings (SSSR count). The highest BCUT2D eigenvalue weighted by molar-refractivity contribution is 7.11. The van der Waals surface area contributed by atoms with Gasteiger partial charge in [0.15, 0.2) is 0 Å². The largest absolute Gasteiger partial charge is 0.383 e. The molecule has 0 bridgehead atoms. The van der Waals surface area contributed by atoms with E-state index in [-0.39, 0.29) is 0 Å². The van der Waals surface area contributed by atoms with Gasteiger partial charge < -0.3 is 10.1 Å². The maximum Gasteiger partial charge on any atom is 0.0587 e. The van der Waals surface area contributed by atoms with Crippen LogP contribution in [0.4, 0.5) is 0 Å². The summed E-state index contributed by atoms with van der Waals surface area (Å²) in [5.41, 5.74) is 0.531. The number of aryl methyl sites for hydroxylation is 1.